The maximum Gasteiger partial charge on any atom is 0.238 e. The van der Waals surface area contributed by atoms with Crippen LogP contribution in [0.4, 0.5) is 0 Å². The summed E-state index contributed by atoms with van der Waals surface area (Å²) in [4.78, 5) is 26.6. The molecule has 0 amide bonds. The monoisotopic (exact) mass is 962 g/mol. The molecular weight excluding hydrogens is 917 g/mol. The lowest BCUT2D eigenvalue weighted by atomic mass is 10.00. The highest BCUT2D eigenvalue weighted by molar-refractivity contribution is 7.19. The van der Waals surface area contributed by atoms with Crippen molar-refractivity contribution in [3.05, 3.63) is 279 Å². The largest absolute Gasteiger partial charge is 0.278 e. The Labute approximate surface area is 430 Å². The van der Waals surface area contributed by atoms with Gasteiger partial charge in [0.15, 0.2) is 25.5 Å². The molecule has 7 heteroatoms. The van der Waals surface area contributed by atoms with E-state index in [1.54, 1.807) is 0 Å². The molecule has 0 unspecified atom stereocenters. The van der Waals surface area contributed by atoms with Crippen molar-refractivity contribution in [2.45, 2.75) is 0 Å². The molecule has 10 aromatic carbocycles. The fourth-order valence-electron chi connectivity index (χ4n) is 10.6. The average molecular weight is 963 g/mol. The number of nitrogens with zero attached hydrogens (tertiary/aromatic N) is 6. The molecule has 3 aromatic heterocycles. The molecule has 13 rings (SSSR count). The molecular formula is C67H46N6Si. The highest BCUT2D eigenvalue weighted by atomic mass is 28.3. The summed E-state index contributed by atoms with van der Waals surface area (Å²) in [5.41, 5.74) is 10.6. The lowest BCUT2D eigenvalue weighted by Gasteiger charge is -2.34. The second kappa shape index (κ2) is 19.1. The smallest absolute Gasteiger partial charge is 0.238 e. The van der Waals surface area contributed by atoms with Gasteiger partial charge in [0.05, 0.1) is 22.4 Å². The van der Waals surface area contributed by atoms with Crippen LogP contribution < -0.4 is 20.7 Å². The second-order valence-electron chi connectivity index (χ2n) is 18.4. The van der Waals surface area contributed by atoms with Crippen LogP contribution in [0.1, 0.15) is 0 Å². The van der Waals surface area contributed by atoms with Crippen molar-refractivity contribution in [2.75, 3.05) is 0 Å². The molecule has 3 heterocycles. The Kier molecular flexibility index (Phi) is 11.5. The first-order valence-corrected chi connectivity index (χ1v) is 26.9. The first-order chi connectivity index (χ1) is 36.7. The SMILES string of the molecule is c1ccc(-c2cc(-c3ccccc3)nc(-c3cccc(-c4cccc(-c5nc(-c6cccc([Si](c7ccccc7)(c7ccccc7)c7ccccc7)c6)nc(-n6c7ccccc7c7ccccc76)n5)c4)c3)n2)cc1. The van der Waals surface area contributed by atoms with Crippen LogP contribution in [0.5, 0.6) is 0 Å². The maximum atomic E-state index is 5.44. The molecule has 0 aliphatic rings. The number of benzene rings is 10. The molecule has 74 heavy (non-hydrogen) atoms. The first-order valence-electron chi connectivity index (χ1n) is 24.9. The van der Waals surface area contributed by atoms with E-state index in [1.165, 1.54) is 20.7 Å². The van der Waals surface area contributed by atoms with E-state index in [0.29, 0.717) is 23.4 Å². The molecule has 0 saturated carbocycles. The van der Waals surface area contributed by atoms with Crippen molar-refractivity contribution >= 4 is 50.6 Å². The maximum absolute atomic E-state index is 5.44. The summed E-state index contributed by atoms with van der Waals surface area (Å²) in [6, 6.07) is 98.5. The van der Waals surface area contributed by atoms with Gasteiger partial charge in [-0.05, 0) is 62.2 Å². The zero-order valence-corrected chi connectivity index (χ0v) is 41.2. The molecule has 0 saturated heterocycles. The second-order valence-corrected chi connectivity index (χ2v) is 22.2. The van der Waals surface area contributed by atoms with Gasteiger partial charge in [-0.25, -0.2) is 15.0 Å². The van der Waals surface area contributed by atoms with Gasteiger partial charge in [-0.2, -0.15) is 9.97 Å². The van der Waals surface area contributed by atoms with E-state index in [9.17, 15) is 0 Å². The fourth-order valence-corrected chi connectivity index (χ4v) is 15.4. The summed E-state index contributed by atoms with van der Waals surface area (Å²) in [6.07, 6.45) is 0. The third kappa shape index (κ3) is 8.07. The predicted molar refractivity (Wildman–Crippen MR) is 306 cm³/mol. The van der Waals surface area contributed by atoms with Crippen LogP contribution in [0.3, 0.4) is 0 Å². The van der Waals surface area contributed by atoms with Crippen molar-refractivity contribution in [3.63, 3.8) is 0 Å². The Hall–Kier alpha value is -9.69. The van der Waals surface area contributed by atoms with Crippen LogP contribution in [-0.2, 0) is 0 Å². The summed E-state index contributed by atoms with van der Waals surface area (Å²) in [7, 11) is -2.88. The van der Waals surface area contributed by atoms with Crippen LogP contribution >= 0.6 is 0 Å². The molecule has 13 aromatic rings. The van der Waals surface area contributed by atoms with Crippen molar-refractivity contribution in [3.8, 4) is 73.8 Å². The van der Waals surface area contributed by atoms with Crippen LogP contribution in [0.15, 0.2) is 279 Å². The minimum atomic E-state index is -2.88. The van der Waals surface area contributed by atoms with Gasteiger partial charge in [0.2, 0.25) is 5.95 Å². The van der Waals surface area contributed by atoms with E-state index in [4.69, 9.17) is 24.9 Å². The Balaban J connectivity index is 0.980. The molecule has 0 radical (unpaired) electrons. The lowest BCUT2D eigenvalue weighted by Crippen LogP contribution is -2.74. The summed E-state index contributed by atoms with van der Waals surface area (Å²) in [5.74, 6) is 2.35. The van der Waals surface area contributed by atoms with E-state index < -0.39 is 8.07 Å². The average Bonchev–Trinajstić information content (AvgIpc) is 3.83. The molecule has 0 aliphatic carbocycles. The zero-order chi connectivity index (χ0) is 49.3. The fraction of sp³-hybridized carbons (Fsp3) is 0. The topological polar surface area (TPSA) is 69.4 Å². The number of hydrogen-bond acceptors (Lipinski definition) is 5. The third-order valence-corrected chi connectivity index (χ3v) is 18.8. The molecule has 6 nitrogen and oxygen atoms in total. The van der Waals surface area contributed by atoms with Crippen LogP contribution in [0.2, 0.25) is 0 Å². The molecule has 0 aliphatic heterocycles. The van der Waals surface area contributed by atoms with Crippen LogP contribution in [0, 0.1) is 0 Å². The van der Waals surface area contributed by atoms with Crippen molar-refractivity contribution in [1.29, 1.82) is 0 Å². The van der Waals surface area contributed by atoms with E-state index >= 15 is 0 Å². The minimum absolute atomic E-state index is 0.544. The molecule has 0 N–H and O–H groups in total. The Morgan fingerprint density at radius 1 is 0.243 bits per heavy atom. The molecule has 348 valence electrons. The van der Waals surface area contributed by atoms with Crippen LogP contribution in [0.25, 0.3) is 95.6 Å². The first kappa shape index (κ1) is 44.3. The van der Waals surface area contributed by atoms with E-state index in [0.717, 1.165) is 72.1 Å². The normalized spacial score (nSPS) is 11.5. The number of hydrogen-bond donors (Lipinski definition) is 0. The summed E-state index contributed by atoms with van der Waals surface area (Å²) >= 11 is 0. The Morgan fingerprint density at radius 3 is 1.04 bits per heavy atom. The number of rotatable bonds is 11. The van der Waals surface area contributed by atoms with Gasteiger partial charge in [0.25, 0.3) is 0 Å². The third-order valence-electron chi connectivity index (χ3n) is 14.0. The number of para-hydroxylation sites is 2. The standard InChI is InChI=1S/C67H46N6Si/c1-6-23-47(24-7-1)60-46-61(48-25-8-2-9-26-48)69-64(68-60)51-29-20-27-49(43-51)50-28-21-30-52(44-50)65-70-66(72-67(71-65)73-62-41-18-16-39-58(62)59-40-17-19-42-63(59)73)53-31-22-38-57(45-53)74(54-32-10-3-11-33-54,55-34-12-4-13-35-55)56-36-14-5-15-37-56/h1-46H. The molecule has 0 fully saturated rings. The molecule has 0 spiro atoms. The van der Waals surface area contributed by atoms with E-state index in [1.807, 2.05) is 36.4 Å². The van der Waals surface area contributed by atoms with Crippen molar-refractivity contribution < 1.29 is 0 Å². The lowest BCUT2D eigenvalue weighted by molar-refractivity contribution is 0.953. The number of aromatic nitrogens is 6. The Bertz CT molecular complexity index is 3920. The van der Waals surface area contributed by atoms with Gasteiger partial charge >= 0.3 is 0 Å². The van der Waals surface area contributed by atoms with Crippen LogP contribution in [-0.4, -0.2) is 37.6 Å². The van der Waals surface area contributed by atoms with E-state index in [2.05, 4.69) is 247 Å². The van der Waals surface area contributed by atoms with Gasteiger partial charge in [-0.3, -0.25) is 4.57 Å². The van der Waals surface area contributed by atoms with Gasteiger partial charge in [-0.15, -0.1) is 0 Å². The van der Waals surface area contributed by atoms with Crippen molar-refractivity contribution in [2.24, 2.45) is 0 Å². The van der Waals surface area contributed by atoms with E-state index in [-0.39, 0.29) is 0 Å². The summed E-state index contributed by atoms with van der Waals surface area (Å²) in [5, 5.41) is 7.39. The van der Waals surface area contributed by atoms with Crippen molar-refractivity contribution in [1.82, 2.24) is 29.5 Å². The summed E-state index contributed by atoms with van der Waals surface area (Å²) in [6.45, 7) is 0. The molecule has 0 atom stereocenters. The minimum Gasteiger partial charge on any atom is -0.278 e. The summed E-state index contributed by atoms with van der Waals surface area (Å²) < 4.78 is 2.18. The Morgan fingerprint density at radius 2 is 0.581 bits per heavy atom. The quantitative estimate of drug-likeness (QED) is 0.0954. The molecule has 0 bridgehead atoms. The van der Waals surface area contributed by atoms with Gasteiger partial charge in [-0.1, -0.05) is 249 Å². The predicted octanol–water partition coefficient (Wildman–Crippen LogP) is 13.1. The van der Waals surface area contributed by atoms with Gasteiger partial charge < -0.3 is 0 Å². The van der Waals surface area contributed by atoms with Gasteiger partial charge in [0, 0.05) is 38.6 Å². The van der Waals surface area contributed by atoms with Gasteiger partial charge in [0.1, 0.15) is 0 Å². The highest BCUT2D eigenvalue weighted by Crippen LogP contribution is 2.34. The zero-order valence-electron chi connectivity index (χ0n) is 40.2. The number of fused-ring (bicyclic) bond motifs is 3. The highest BCUT2D eigenvalue weighted by Gasteiger charge is 2.41.